The predicted molar refractivity (Wildman–Crippen MR) is 101 cm³/mol. The second-order valence-corrected chi connectivity index (χ2v) is 6.15. The Morgan fingerprint density at radius 2 is 1.80 bits per heavy atom. The van der Waals surface area contributed by atoms with Crippen LogP contribution in [0, 0.1) is 6.92 Å². The molecule has 0 radical (unpaired) electrons. The van der Waals surface area contributed by atoms with E-state index in [0.717, 1.165) is 25.0 Å². The van der Waals surface area contributed by atoms with Crippen molar-refractivity contribution in [3.63, 3.8) is 0 Å². The van der Waals surface area contributed by atoms with Gasteiger partial charge < -0.3 is 15.2 Å². The first-order valence-electron chi connectivity index (χ1n) is 8.85. The van der Waals surface area contributed by atoms with E-state index in [0.29, 0.717) is 36.6 Å². The van der Waals surface area contributed by atoms with Gasteiger partial charge >= 0.3 is 0 Å². The molecule has 0 atom stereocenters. The molecule has 0 unspecified atom stereocenters. The number of hydrogen-bond acceptors (Lipinski definition) is 4. The summed E-state index contributed by atoms with van der Waals surface area (Å²) < 4.78 is 11.4. The van der Waals surface area contributed by atoms with Gasteiger partial charge in [-0.3, -0.25) is 4.79 Å². The van der Waals surface area contributed by atoms with Crippen LogP contribution >= 0.6 is 0 Å². The van der Waals surface area contributed by atoms with Gasteiger partial charge in [-0.1, -0.05) is 19.1 Å². The number of nitrogens with two attached hydrogens (primary N) is 1. The number of nitrogen functional groups attached to an aromatic ring is 1. The summed E-state index contributed by atoms with van der Waals surface area (Å²) in [6, 6.07) is 13.3. The normalized spacial score (nSPS) is 10.5. The Morgan fingerprint density at radius 3 is 2.48 bits per heavy atom. The average Bonchev–Trinajstić information content (AvgIpc) is 2.59. The van der Waals surface area contributed by atoms with Gasteiger partial charge in [0.1, 0.15) is 11.5 Å². The maximum absolute atomic E-state index is 11.9. The standard InChI is InChI=1S/C21H27NO3/c1-3-7-20(23)17-10-11-21(19(22)15-17)25-13-5-4-12-24-18-9-6-8-16(2)14-18/h6,8-11,14-15H,3-5,7,12-13,22H2,1-2H3. The number of ketones is 1. The molecule has 0 aliphatic carbocycles. The number of carbonyl (C=O) groups is 1. The molecule has 0 spiro atoms. The lowest BCUT2D eigenvalue weighted by atomic mass is 10.1. The van der Waals surface area contributed by atoms with E-state index in [1.165, 1.54) is 5.56 Å². The van der Waals surface area contributed by atoms with E-state index in [4.69, 9.17) is 15.2 Å². The van der Waals surface area contributed by atoms with Gasteiger partial charge in [0.2, 0.25) is 0 Å². The van der Waals surface area contributed by atoms with Crippen LogP contribution in [0.1, 0.15) is 48.5 Å². The summed E-state index contributed by atoms with van der Waals surface area (Å²) in [4.78, 5) is 11.9. The highest BCUT2D eigenvalue weighted by molar-refractivity contribution is 5.97. The molecule has 0 aliphatic heterocycles. The topological polar surface area (TPSA) is 61.5 Å². The fourth-order valence-electron chi connectivity index (χ4n) is 2.51. The van der Waals surface area contributed by atoms with Crippen molar-refractivity contribution in [2.45, 2.75) is 39.5 Å². The minimum absolute atomic E-state index is 0.119. The number of unbranched alkanes of at least 4 members (excludes halogenated alkanes) is 1. The first-order valence-corrected chi connectivity index (χ1v) is 8.85. The Bertz CT molecular complexity index is 697. The third kappa shape index (κ3) is 6.14. The summed E-state index contributed by atoms with van der Waals surface area (Å²) in [5, 5.41) is 0. The first kappa shape index (κ1) is 18.8. The number of Topliss-reactive ketones (excluding diaryl/α,β-unsaturated/α-hetero) is 1. The minimum atomic E-state index is 0.119. The van der Waals surface area contributed by atoms with Gasteiger partial charge in [-0.15, -0.1) is 0 Å². The van der Waals surface area contributed by atoms with Crippen molar-refractivity contribution < 1.29 is 14.3 Å². The fourth-order valence-corrected chi connectivity index (χ4v) is 2.51. The smallest absolute Gasteiger partial charge is 0.162 e. The van der Waals surface area contributed by atoms with E-state index >= 15 is 0 Å². The maximum Gasteiger partial charge on any atom is 0.162 e. The van der Waals surface area contributed by atoms with Crippen molar-refractivity contribution in [1.82, 2.24) is 0 Å². The van der Waals surface area contributed by atoms with E-state index in [9.17, 15) is 4.79 Å². The van der Waals surface area contributed by atoms with Crippen LogP contribution in [0.5, 0.6) is 11.5 Å². The Hall–Kier alpha value is -2.49. The molecule has 0 amide bonds. The van der Waals surface area contributed by atoms with Crippen LogP contribution < -0.4 is 15.2 Å². The number of hydrogen-bond donors (Lipinski definition) is 1. The average molecular weight is 341 g/mol. The van der Waals surface area contributed by atoms with Crippen molar-refractivity contribution in [3.05, 3.63) is 53.6 Å². The highest BCUT2D eigenvalue weighted by Gasteiger charge is 2.08. The molecule has 0 saturated heterocycles. The van der Waals surface area contributed by atoms with Crippen LogP contribution in [0.2, 0.25) is 0 Å². The summed E-state index contributed by atoms with van der Waals surface area (Å²) in [5.74, 6) is 1.65. The molecule has 0 bridgehead atoms. The predicted octanol–water partition coefficient (Wildman–Crippen LogP) is 4.80. The number of aryl methyl sites for hydroxylation is 1. The fraction of sp³-hybridized carbons (Fsp3) is 0.381. The molecule has 0 aromatic heterocycles. The van der Waals surface area contributed by atoms with Crippen molar-refractivity contribution >= 4 is 11.5 Å². The molecular formula is C21H27NO3. The molecule has 0 aliphatic rings. The number of anilines is 1. The Morgan fingerprint density at radius 1 is 1.04 bits per heavy atom. The highest BCUT2D eigenvalue weighted by Crippen LogP contribution is 2.23. The molecule has 0 heterocycles. The van der Waals surface area contributed by atoms with Gasteiger partial charge in [0.05, 0.1) is 18.9 Å². The number of ether oxygens (including phenoxy) is 2. The van der Waals surface area contributed by atoms with Crippen LogP contribution in [0.25, 0.3) is 0 Å². The zero-order chi connectivity index (χ0) is 18.1. The van der Waals surface area contributed by atoms with Gasteiger partial charge in [0, 0.05) is 12.0 Å². The van der Waals surface area contributed by atoms with E-state index in [1.807, 2.05) is 38.1 Å². The summed E-state index contributed by atoms with van der Waals surface area (Å²) in [5.41, 5.74) is 8.34. The third-order valence-corrected chi connectivity index (χ3v) is 3.86. The molecule has 4 heteroatoms. The van der Waals surface area contributed by atoms with Crippen LogP contribution in [-0.2, 0) is 0 Å². The number of rotatable bonds is 10. The summed E-state index contributed by atoms with van der Waals surface area (Å²) in [7, 11) is 0. The third-order valence-electron chi connectivity index (χ3n) is 3.86. The SMILES string of the molecule is CCCC(=O)c1ccc(OCCCCOc2cccc(C)c2)c(N)c1. The highest BCUT2D eigenvalue weighted by atomic mass is 16.5. The monoisotopic (exact) mass is 341 g/mol. The van der Waals surface area contributed by atoms with Crippen LogP contribution in [0.3, 0.4) is 0 Å². The summed E-state index contributed by atoms with van der Waals surface area (Å²) in [6.45, 7) is 5.27. The molecule has 2 N–H and O–H groups in total. The van der Waals surface area contributed by atoms with Gasteiger partial charge in [-0.05, 0) is 62.1 Å². The molecule has 25 heavy (non-hydrogen) atoms. The van der Waals surface area contributed by atoms with Crippen molar-refractivity contribution in [2.24, 2.45) is 0 Å². The van der Waals surface area contributed by atoms with Crippen molar-refractivity contribution in [1.29, 1.82) is 0 Å². The van der Waals surface area contributed by atoms with Crippen molar-refractivity contribution in [3.8, 4) is 11.5 Å². The second kappa shape index (κ2) is 9.72. The Labute approximate surface area is 150 Å². The molecular weight excluding hydrogens is 314 g/mol. The lowest BCUT2D eigenvalue weighted by Gasteiger charge is -2.11. The van der Waals surface area contributed by atoms with E-state index in [1.54, 1.807) is 18.2 Å². The van der Waals surface area contributed by atoms with Crippen LogP contribution in [-0.4, -0.2) is 19.0 Å². The lowest BCUT2D eigenvalue weighted by Crippen LogP contribution is -2.05. The van der Waals surface area contributed by atoms with E-state index < -0.39 is 0 Å². The molecule has 134 valence electrons. The van der Waals surface area contributed by atoms with Crippen molar-refractivity contribution in [2.75, 3.05) is 18.9 Å². The van der Waals surface area contributed by atoms with Crippen LogP contribution in [0.15, 0.2) is 42.5 Å². The maximum atomic E-state index is 11.9. The van der Waals surface area contributed by atoms with Gasteiger partial charge in [-0.25, -0.2) is 0 Å². The van der Waals surface area contributed by atoms with Gasteiger partial charge in [0.15, 0.2) is 5.78 Å². The molecule has 4 nitrogen and oxygen atoms in total. The van der Waals surface area contributed by atoms with Gasteiger partial charge in [0.25, 0.3) is 0 Å². The van der Waals surface area contributed by atoms with E-state index in [-0.39, 0.29) is 5.78 Å². The molecule has 2 rings (SSSR count). The largest absolute Gasteiger partial charge is 0.494 e. The first-order chi connectivity index (χ1) is 12.1. The zero-order valence-electron chi connectivity index (χ0n) is 15.1. The molecule has 2 aromatic carbocycles. The molecule has 0 fully saturated rings. The van der Waals surface area contributed by atoms with E-state index in [2.05, 4.69) is 0 Å². The van der Waals surface area contributed by atoms with Gasteiger partial charge in [-0.2, -0.15) is 0 Å². The number of benzene rings is 2. The second-order valence-electron chi connectivity index (χ2n) is 6.15. The number of carbonyl (C=O) groups excluding carboxylic acids is 1. The quantitative estimate of drug-likeness (QED) is 0.383. The Kier molecular flexibility index (Phi) is 7.33. The molecule has 2 aromatic rings. The summed E-state index contributed by atoms with van der Waals surface area (Å²) >= 11 is 0. The zero-order valence-corrected chi connectivity index (χ0v) is 15.1. The minimum Gasteiger partial charge on any atom is -0.494 e. The lowest BCUT2D eigenvalue weighted by molar-refractivity contribution is 0.0981. The van der Waals surface area contributed by atoms with Crippen LogP contribution in [0.4, 0.5) is 5.69 Å². The Balaban J connectivity index is 1.70. The summed E-state index contributed by atoms with van der Waals surface area (Å²) in [6.07, 6.45) is 3.16. The molecule has 0 saturated carbocycles.